The lowest BCUT2D eigenvalue weighted by molar-refractivity contribution is 0.0879. The predicted molar refractivity (Wildman–Crippen MR) is 78.1 cm³/mol. The van der Waals surface area contributed by atoms with Gasteiger partial charge in [-0.25, -0.2) is 4.98 Å². The fraction of sp³-hybridized carbons (Fsp3) is 0.267. The molecule has 108 valence electrons. The summed E-state index contributed by atoms with van der Waals surface area (Å²) in [5.74, 6) is 0.268. The molecule has 2 amide bonds. The van der Waals surface area contributed by atoms with Crippen molar-refractivity contribution in [3.63, 3.8) is 0 Å². The first-order valence-electron chi connectivity index (χ1n) is 6.92. The summed E-state index contributed by atoms with van der Waals surface area (Å²) in [5, 5.41) is 5.52. The number of aryl methyl sites for hydroxylation is 1. The van der Waals surface area contributed by atoms with E-state index in [1.807, 2.05) is 6.20 Å². The van der Waals surface area contributed by atoms with Gasteiger partial charge in [0.15, 0.2) is 0 Å². The summed E-state index contributed by atoms with van der Waals surface area (Å²) in [4.78, 5) is 27.4. The molecule has 6 nitrogen and oxygen atoms in total. The molecular formula is C15H16N4O2. The molecule has 2 N–H and O–H groups in total. The minimum absolute atomic E-state index is 0.333. The van der Waals surface area contributed by atoms with Crippen LogP contribution in [0.25, 0.3) is 0 Å². The quantitative estimate of drug-likeness (QED) is 0.821. The summed E-state index contributed by atoms with van der Waals surface area (Å²) >= 11 is 0. The lowest BCUT2D eigenvalue weighted by atomic mass is 10.1. The monoisotopic (exact) mass is 284 g/mol. The predicted octanol–water partition coefficient (Wildman–Crippen LogP) is 1.79. The molecule has 0 aliphatic carbocycles. The van der Waals surface area contributed by atoms with Crippen LogP contribution < -0.4 is 10.6 Å². The van der Waals surface area contributed by atoms with Crippen LogP contribution in [0, 0.1) is 0 Å². The van der Waals surface area contributed by atoms with E-state index in [4.69, 9.17) is 0 Å². The molecule has 0 saturated carbocycles. The first kappa shape index (κ1) is 13.4. The largest absolute Gasteiger partial charge is 0.378 e. The van der Waals surface area contributed by atoms with Crippen molar-refractivity contribution in [1.82, 2.24) is 14.9 Å². The second-order valence-corrected chi connectivity index (χ2v) is 4.93. The molecule has 3 rings (SSSR count). The van der Waals surface area contributed by atoms with Crippen molar-refractivity contribution in [3.8, 4) is 0 Å². The summed E-state index contributed by atoms with van der Waals surface area (Å²) in [6.07, 6.45) is 4.78. The Morgan fingerprint density at radius 1 is 1.24 bits per heavy atom. The van der Waals surface area contributed by atoms with Gasteiger partial charge in [-0.15, -0.1) is 0 Å². The second kappa shape index (κ2) is 5.40. The number of hydrogen-bond donors (Lipinski definition) is 2. The maximum absolute atomic E-state index is 11.6. The molecule has 6 heteroatoms. The number of benzene rings is 1. The third-order valence-electron chi connectivity index (χ3n) is 3.45. The zero-order valence-corrected chi connectivity index (χ0v) is 11.7. The topological polar surface area (TPSA) is 76.0 Å². The Morgan fingerprint density at radius 2 is 2.05 bits per heavy atom. The smallest absolute Gasteiger partial charge is 0.259 e. The maximum atomic E-state index is 11.6. The normalized spacial score (nSPS) is 13.2. The fourth-order valence-corrected chi connectivity index (χ4v) is 2.41. The molecule has 2 aromatic rings. The number of nitrogens with zero attached hydrogens (tertiary/aromatic N) is 2. The van der Waals surface area contributed by atoms with E-state index < -0.39 is 0 Å². The zero-order valence-electron chi connectivity index (χ0n) is 11.7. The van der Waals surface area contributed by atoms with Crippen LogP contribution in [-0.2, 0) is 13.1 Å². The van der Waals surface area contributed by atoms with Gasteiger partial charge in [0.05, 0.1) is 17.7 Å². The van der Waals surface area contributed by atoms with E-state index in [1.165, 1.54) is 0 Å². The van der Waals surface area contributed by atoms with Crippen LogP contribution in [0.15, 0.2) is 30.6 Å². The van der Waals surface area contributed by atoms with Gasteiger partial charge in [0, 0.05) is 24.6 Å². The number of aromatic nitrogens is 2. The Kier molecular flexibility index (Phi) is 3.43. The van der Waals surface area contributed by atoms with Crippen molar-refractivity contribution < 1.29 is 9.59 Å². The third-order valence-corrected chi connectivity index (χ3v) is 3.45. The number of rotatable bonds is 5. The van der Waals surface area contributed by atoms with Crippen LogP contribution in [-0.4, -0.2) is 21.4 Å². The highest BCUT2D eigenvalue weighted by Crippen LogP contribution is 2.20. The highest BCUT2D eigenvalue weighted by molar-refractivity contribution is 6.21. The molecule has 0 bridgehead atoms. The highest BCUT2D eigenvalue weighted by atomic mass is 16.2. The molecule has 0 unspecified atom stereocenters. The number of nitrogens with one attached hydrogen (secondary N) is 2. The van der Waals surface area contributed by atoms with E-state index >= 15 is 0 Å². The number of carbonyl (C=O) groups excluding carboxylic acids is 2. The average molecular weight is 284 g/mol. The summed E-state index contributed by atoms with van der Waals surface area (Å²) in [7, 11) is 0. The lowest BCUT2D eigenvalue weighted by Crippen LogP contribution is -2.19. The van der Waals surface area contributed by atoms with E-state index in [9.17, 15) is 9.59 Å². The van der Waals surface area contributed by atoms with Gasteiger partial charge in [-0.3, -0.25) is 14.9 Å². The Morgan fingerprint density at radius 3 is 2.86 bits per heavy atom. The minimum atomic E-state index is -0.342. The number of carbonyl (C=O) groups is 2. The number of fused-ring (bicyclic) bond motifs is 1. The van der Waals surface area contributed by atoms with Gasteiger partial charge in [0.2, 0.25) is 0 Å². The van der Waals surface area contributed by atoms with Gasteiger partial charge < -0.3 is 9.88 Å². The van der Waals surface area contributed by atoms with Gasteiger partial charge in [-0.2, -0.15) is 0 Å². The number of anilines is 1. The Bertz CT molecular complexity index is 705. The molecule has 0 spiro atoms. The summed E-state index contributed by atoms with van der Waals surface area (Å²) < 4.78 is 2.09. The molecule has 0 radical (unpaired) electrons. The van der Waals surface area contributed by atoms with Crippen molar-refractivity contribution in [2.75, 3.05) is 5.32 Å². The van der Waals surface area contributed by atoms with Crippen LogP contribution in [0.3, 0.4) is 0 Å². The first-order chi connectivity index (χ1) is 10.2. The molecular weight excluding hydrogens is 268 g/mol. The van der Waals surface area contributed by atoms with Crippen molar-refractivity contribution in [2.24, 2.45) is 0 Å². The van der Waals surface area contributed by atoms with Crippen LogP contribution in [0.2, 0.25) is 0 Å². The van der Waals surface area contributed by atoms with E-state index in [0.717, 1.165) is 24.5 Å². The van der Waals surface area contributed by atoms with Crippen LogP contribution >= 0.6 is 0 Å². The van der Waals surface area contributed by atoms with E-state index in [1.54, 1.807) is 24.4 Å². The SMILES string of the molecule is CCCn1ccnc1CNc1ccc2c(c1)C(=O)NC2=O. The molecule has 2 heterocycles. The average Bonchev–Trinajstić information content (AvgIpc) is 3.03. The summed E-state index contributed by atoms with van der Waals surface area (Å²) in [5.41, 5.74) is 1.64. The van der Waals surface area contributed by atoms with Crippen molar-refractivity contribution in [2.45, 2.75) is 26.4 Å². The second-order valence-electron chi connectivity index (χ2n) is 4.93. The van der Waals surface area contributed by atoms with Gasteiger partial charge in [-0.05, 0) is 24.6 Å². The third kappa shape index (κ3) is 2.52. The Labute approximate surface area is 122 Å². The lowest BCUT2D eigenvalue weighted by Gasteiger charge is -2.09. The maximum Gasteiger partial charge on any atom is 0.259 e. The van der Waals surface area contributed by atoms with Crippen molar-refractivity contribution >= 4 is 17.5 Å². The number of imidazole rings is 1. The van der Waals surface area contributed by atoms with Crippen molar-refractivity contribution in [1.29, 1.82) is 0 Å². The molecule has 0 fully saturated rings. The molecule has 0 atom stereocenters. The van der Waals surface area contributed by atoms with Crippen LogP contribution in [0.1, 0.15) is 39.9 Å². The zero-order chi connectivity index (χ0) is 14.8. The van der Waals surface area contributed by atoms with E-state index in [2.05, 4.69) is 27.1 Å². The standard InChI is InChI=1S/C15H16N4O2/c1-2-6-19-7-5-16-13(19)9-17-10-3-4-11-12(8-10)15(21)18-14(11)20/h3-5,7-8,17H,2,6,9H2,1H3,(H,18,20,21). The Balaban J connectivity index is 1.74. The minimum Gasteiger partial charge on any atom is -0.378 e. The van der Waals surface area contributed by atoms with Crippen LogP contribution in [0.5, 0.6) is 0 Å². The Hall–Kier alpha value is -2.63. The van der Waals surface area contributed by atoms with Gasteiger partial charge in [0.1, 0.15) is 5.82 Å². The van der Waals surface area contributed by atoms with Gasteiger partial charge >= 0.3 is 0 Å². The highest BCUT2D eigenvalue weighted by Gasteiger charge is 2.26. The van der Waals surface area contributed by atoms with Gasteiger partial charge in [-0.1, -0.05) is 6.92 Å². The number of amides is 2. The number of imide groups is 1. The van der Waals surface area contributed by atoms with E-state index in [-0.39, 0.29) is 11.8 Å². The molecule has 1 aromatic heterocycles. The fourth-order valence-electron chi connectivity index (χ4n) is 2.41. The molecule has 21 heavy (non-hydrogen) atoms. The van der Waals surface area contributed by atoms with Crippen LogP contribution in [0.4, 0.5) is 5.69 Å². The van der Waals surface area contributed by atoms with Crippen molar-refractivity contribution in [3.05, 3.63) is 47.5 Å². The summed E-state index contributed by atoms with van der Waals surface area (Å²) in [6.45, 7) is 3.62. The van der Waals surface area contributed by atoms with E-state index in [0.29, 0.717) is 17.7 Å². The molecule has 1 aromatic carbocycles. The summed E-state index contributed by atoms with van der Waals surface area (Å²) in [6, 6.07) is 5.16. The molecule has 1 aliphatic heterocycles. The number of hydrogen-bond acceptors (Lipinski definition) is 4. The first-order valence-corrected chi connectivity index (χ1v) is 6.92. The molecule has 1 aliphatic rings. The molecule has 0 saturated heterocycles. The van der Waals surface area contributed by atoms with Gasteiger partial charge in [0.25, 0.3) is 11.8 Å².